The van der Waals surface area contributed by atoms with E-state index in [4.69, 9.17) is 9.47 Å². The molecule has 0 aliphatic carbocycles. The fraction of sp³-hybridized carbons (Fsp3) is 0.400. The number of carbonyl (C=O) groups excluding carboxylic acids is 2. The zero-order valence-corrected chi connectivity index (χ0v) is 12.5. The Hall–Kier alpha value is -2.37. The van der Waals surface area contributed by atoms with Crippen LogP contribution in [0.1, 0.15) is 37.6 Å². The van der Waals surface area contributed by atoms with Gasteiger partial charge in [0.15, 0.2) is 0 Å². The lowest BCUT2D eigenvalue weighted by Crippen LogP contribution is -2.20. The fourth-order valence-electron chi connectivity index (χ4n) is 1.54. The highest BCUT2D eigenvalue weighted by atomic mass is 16.5. The van der Waals surface area contributed by atoms with Gasteiger partial charge in [-0.3, -0.25) is 9.59 Å². The lowest BCUT2D eigenvalue weighted by Gasteiger charge is -2.05. The van der Waals surface area contributed by atoms with Gasteiger partial charge in [-0.1, -0.05) is 0 Å². The number of nitrogens with zero attached hydrogens (tertiary/aromatic N) is 1. The van der Waals surface area contributed by atoms with E-state index in [9.17, 15) is 9.59 Å². The fourth-order valence-corrected chi connectivity index (χ4v) is 1.54. The molecule has 1 amide bonds. The Morgan fingerprint density at radius 3 is 2.38 bits per heavy atom. The predicted octanol–water partition coefficient (Wildman–Crippen LogP) is 2.14. The highest BCUT2D eigenvalue weighted by molar-refractivity contribution is 5.99. The average Bonchev–Trinajstić information content (AvgIpc) is 2.46. The van der Waals surface area contributed by atoms with Crippen molar-refractivity contribution < 1.29 is 19.1 Å². The predicted molar refractivity (Wildman–Crippen MR) is 79.4 cm³/mol. The molecule has 0 saturated heterocycles. The molecule has 1 rings (SSSR count). The van der Waals surface area contributed by atoms with Gasteiger partial charge in [-0.05, 0) is 45.0 Å². The average molecular weight is 292 g/mol. The zero-order valence-electron chi connectivity index (χ0n) is 12.5. The molecular formula is C15H20N2O4. The van der Waals surface area contributed by atoms with Gasteiger partial charge in [0.25, 0.3) is 5.91 Å². The summed E-state index contributed by atoms with van der Waals surface area (Å²) in [6.07, 6.45) is 0.0530. The van der Waals surface area contributed by atoms with Crippen LogP contribution in [-0.2, 0) is 9.53 Å². The van der Waals surface area contributed by atoms with Crippen LogP contribution >= 0.6 is 0 Å². The Kier molecular flexibility index (Phi) is 6.94. The number of hydrogen-bond donors (Lipinski definition) is 1. The van der Waals surface area contributed by atoms with Crippen molar-refractivity contribution in [1.82, 2.24) is 5.43 Å². The lowest BCUT2D eigenvalue weighted by atomic mass is 10.2. The summed E-state index contributed by atoms with van der Waals surface area (Å²) in [5.74, 6) is -0.00799. The number of ether oxygens (including phenoxy) is 2. The molecule has 114 valence electrons. The molecule has 0 bridgehead atoms. The molecule has 0 fully saturated rings. The van der Waals surface area contributed by atoms with Crippen molar-refractivity contribution in [3.63, 3.8) is 0 Å². The minimum atomic E-state index is -0.367. The second kappa shape index (κ2) is 8.73. The Bertz CT molecular complexity index is 509. The molecule has 6 heteroatoms. The summed E-state index contributed by atoms with van der Waals surface area (Å²) < 4.78 is 10.1. The van der Waals surface area contributed by atoms with Crippen LogP contribution in [0.4, 0.5) is 0 Å². The van der Waals surface area contributed by atoms with Crippen molar-refractivity contribution >= 4 is 17.6 Å². The topological polar surface area (TPSA) is 77.0 Å². The van der Waals surface area contributed by atoms with E-state index in [0.29, 0.717) is 30.2 Å². The maximum Gasteiger partial charge on any atom is 0.311 e. The molecule has 0 aliphatic heterocycles. The molecule has 0 heterocycles. The van der Waals surface area contributed by atoms with Crippen molar-refractivity contribution in [2.24, 2.45) is 5.10 Å². The molecule has 1 N–H and O–H groups in total. The maximum atomic E-state index is 11.9. The summed E-state index contributed by atoms with van der Waals surface area (Å²) in [5, 5.41) is 3.87. The summed E-state index contributed by atoms with van der Waals surface area (Å²) in [6.45, 7) is 6.17. The highest BCUT2D eigenvalue weighted by Gasteiger charge is 2.07. The van der Waals surface area contributed by atoms with E-state index in [0.717, 1.165) is 0 Å². The SMILES string of the molecule is CCOC(=O)C/C(C)=N\NC(=O)c1ccc(OCC)cc1. The second-order valence-electron chi connectivity index (χ2n) is 4.23. The van der Waals surface area contributed by atoms with Crippen LogP contribution in [0.3, 0.4) is 0 Å². The second-order valence-corrected chi connectivity index (χ2v) is 4.23. The van der Waals surface area contributed by atoms with E-state index in [1.54, 1.807) is 38.1 Å². The number of esters is 1. The van der Waals surface area contributed by atoms with Crippen molar-refractivity contribution in [3.05, 3.63) is 29.8 Å². The first-order valence-electron chi connectivity index (χ1n) is 6.78. The first-order chi connectivity index (χ1) is 10.1. The van der Waals surface area contributed by atoms with Crippen LogP contribution in [0, 0.1) is 0 Å². The summed E-state index contributed by atoms with van der Waals surface area (Å²) in [6, 6.07) is 6.73. The molecule has 0 saturated carbocycles. The van der Waals surface area contributed by atoms with Gasteiger partial charge in [-0.2, -0.15) is 5.10 Å². The first kappa shape index (κ1) is 16.7. The molecule has 0 atom stereocenters. The Morgan fingerprint density at radius 2 is 1.81 bits per heavy atom. The summed E-state index contributed by atoms with van der Waals surface area (Å²) in [5.41, 5.74) is 3.34. The van der Waals surface area contributed by atoms with E-state index in [1.165, 1.54) is 0 Å². The van der Waals surface area contributed by atoms with Crippen molar-refractivity contribution in [1.29, 1.82) is 0 Å². The molecule has 6 nitrogen and oxygen atoms in total. The van der Waals surface area contributed by atoms with Gasteiger partial charge in [0.05, 0.1) is 19.6 Å². The summed E-state index contributed by atoms with van der Waals surface area (Å²) >= 11 is 0. The maximum absolute atomic E-state index is 11.9. The van der Waals surface area contributed by atoms with E-state index < -0.39 is 0 Å². The zero-order chi connectivity index (χ0) is 15.7. The third kappa shape index (κ3) is 6.07. The number of carbonyl (C=O) groups is 2. The van der Waals surface area contributed by atoms with Crippen LogP contribution in [0.25, 0.3) is 0 Å². The largest absolute Gasteiger partial charge is 0.494 e. The first-order valence-corrected chi connectivity index (χ1v) is 6.78. The number of amides is 1. The monoisotopic (exact) mass is 292 g/mol. The number of hydrazone groups is 1. The lowest BCUT2D eigenvalue weighted by molar-refractivity contribution is -0.141. The van der Waals surface area contributed by atoms with Crippen LogP contribution in [-0.4, -0.2) is 30.8 Å². The van der Waals surface area contributed by atoms with Crippen molar-refractivity contribution in [3.8, 4) is 5.75 Å². The summed E-state index contributed by atoms with van der Waals surface area (Å²) in [7, 11) is 0. The Labute approximate surface area is 124 Å². The van der Waals surface area contributed by atoms with E-state index in [1.807, 2.05) is 6.92 Å². The molecule has 0 spiro atoms. The van der Waals surface area contributed by atoms with Crippen LogP contribution in [0.5, 0.6) is 5.75 Å². The van der Waals surface area contributed by atoms with E-state index in [-0.39, 0.29) is 18.3 Å². The number of hydrogen-bond acceptors (Lipinski definition) is 5. The van der Waals surface area contributed by atoms with Crippen LogP contribution in [0.15, 0.2) is 29.4 Å². The van der Waals surface area contributed by atoms with E-state index >= 15 is 0 Å². The van der Waals surface area contributed by atoms with Crippen LogP contribution in [0.2, 0.25) is 0 Å². The van der Waals surface area contributed by atoms with Gasteiger partial charge in [0.2, 0.25) is 0 Å². The Morgan fingerprint density at radius 1 is 1.14 bits per heavy atom. The number of nitrogens with one attached hydrogen (secondary N) is 1. The molecular weight excluding hydrogens is 272 g/mol. The molecule has 1 aromatic rings. The van der Waals surface area contributed by atoms with Gasteiger partial charge in [-0.15, -0.1) is 0 Å². The van der Waals surface area contributed by atoms with Gasteiger partial charge in [0.1, 0.15) is 5.75 Å². The van der Waals surface area contributed by atoms with Crippen molar-refractivity contribution in [2.75, 3.05) is 13.2 Å². The minimum absolute atomic E-state index is 0.0530. The molecule has 1 aromatic carbocycles. The quantitative estimate of drug-likeness (QED) is 0.474. The van der Waals surface area contributed by atoms with E-state index in [2.05, 4.69) is 10.5 Å². The van der Waals surface area contributed by atoms with Gasteiger partial charge in [0, 0.05) is 11.3 Å². The summed E-state index contributed by atoms with van der Waals surface area (Å²) in [4.78, 5) is 23.1. The van der Waals surface area contributed by atoms with Gasteiger partial charge < -0.3 is 9.47 Å². The third-order valence-electron chi connectivity index (χ3n) is 2.48. The standard InChI is InChI=1S/C15H20N2O4/c1-4-20-13-8-6-12(7-9-13)15(19)17-16-11(3)10-14(18)21-5-2/h6-9H,4-5,10H2,1-3H3,(H,17,19)/b16-11-. The molecule has 0 aromatic heterocycles. The third-order valence-corrected chi connectivity index (χ3v) is 2.48. The minimum Gasteiger partial charge on any atom is -0.494 e. The number of benzene rings is 1. The molecule has 21 heavy (non-hydrogen) atoms. The van der Waals surface area contributed by atoms with Gasteiger partial charge in [-0.25, -0.2) is 5.43 Å². The molecule has 0 unspecified atom stereocenters. The van der Waals surface area contributed by atoms with Crippen molar-refractivity contribution in [2.45, 2.75) is 27.2 Å². The Balaban J connectivity index is 2.54. The smallest absolute Gasteiger partial charge is 0.311 e. The molecule has 0 aliphatic rings. The molecule has 0 radical (unpaired) electrons. The highest BCUT2D eigenvalue weighted by Crippen LogP contribution is 2.11. The van der Waals surface area contributed by atoms with Gasteiger partial charge >= 0.3 is 5.97 Å². The van der Waals surface area contributed by atoms with Crippen LogP contribution < -0.4 is 10.2 Å². The number of rotatable bonds is 7. The normalized spacial score (nSPS) is 10.9.